The van der Waals surface area contributed by atoms with Crippen LogP contribution >= 0.6 is 11.5 Å². The molecular formula is C11H13N5S. The number of nitrogens with two attached hydrogens (primary N) is 1. The molecule has 17 heavy (non-hydrogen) atoms. The fourth-order valence-corrected chi connectivity index (χ4v) is 2.17. The van der Waals surface area contributed by atoms with E-state index in [0.717, 1.165) is 16.6 Å². The van der Waals surface area contributed by atoms with Gasteiger partial charge in [-0.15, -0.1) is 0 Å². The van der Waals surface area contributed by atoms with Gasteiger partial charge < -0.3 is 10.6 Å². The van der Waals surface area contributed by atoms with Gasteiger partial charge in [-0.3, -0.25) is 5.41 Å². The summed E-state index contributed by atoms with van der Waals surface area (Å²) in [6.45, 7) is 1.85. The molecule has 2 rings (SSSR count). The van der Waals surface area contributed by atoms with Crippen LogP contribution in [0.3, 0.4) is 0 Å². The number of aryl methyl sites for hydroxylation is 1. The van der Waals surface area contributed by atoms with Gasteiger partial charge in [0.2, 0.25) is 5.13 Å². The number of aromatic nitrogens is 2. The Bertz CT molecular complexity index is 548. The maximum atomic E-state index is 7.56. The van der Waals surface area contributed by atoms with Crippen LogP contribution in [0.4, 0.5) is 10.8 Å². The Morgan fingerprint density at radius 2 is 2.12 bits per heavy atom. The summed E-state index contributed by atoms with van der Waals surface area (Å²) in [4.78, 5) is 6.20. The number of rotatable bonds is 3. The summed E-state index contributed by atoms with van der Waals surface area (Å²) in [5, 5.41) is 8.34. The van der Waals surface area contributed by atoms with Crippen LogP contribution in [0, 0.1) is 12.3 Å². The van der Waals surface area contributed by atoms with E-state index in [1.807, 2.05) is 43.1 Å². The van der Waals surface area contributed by atoms with E-state index < -0.39 is 0 Å². The van der Waals surface area contributed by atoms with Crippen LogP contribution in [0.25, 0.3) is 0 Å². The zero-order valence-corrected chi connectivity index (χ0v) is 10.5. The molecule has 3 N–H and O–H groups in total. The number of hydrogen-bond donors (Lipinski definition) is 2. The molecule has 0 amide bonds. The zero-order chi connectivity index (χ0) is 12.4. The van der Waals surface area contributed by atoms with Crippen molar-refractivity contribution in [2.75, 3.05) is 11.9 Å². The molecule has 2 aromatic rings. The first-order chi connectivity index (χ1) is 8.09. The highest BCUT2D eigenvalue weighted by Crippen LogP contribution is 2.27. The third-order valence-corrected chi connectivity index (χ3v) is 3.24. The summed E-state index contributed by atoms with van der Waals surface area (Å²) in [6, 6.07) is 7.50. The molecule has 0 fully saturated rings. The van der Waals surface area contributed by atoms with Crippen LogP contribution in [0.5, 0.6) is 0 Å². The van der Waals surface area contributed by atoms with Gasteiger partial charge in [-0.1, -0.05) is 12.1 Å². The molecule has 6 heteroatoms. The van der Waals surface area contributed by atoms with Crippen molar-refractivity contribution in [2.45, 2.75) is 6.92 Å². The number of benzene rings is 1. The minimum atomic E-state index is 0.0497. The van der Waals surface area contributed by atoms with Crippen molar-refractivity contribution in [3.8, 4) is 0 Å². The second kappa shape index (κ2) is 4.50. The van der Waals surface area contributed by atoms with Gasteiger partial charge in [0.15, 0.2) is 0 Å². The molecule has 0 bridgehead atoms. The molecule has 0 atom stereocenters. The molecule has 0 aliphatic rings. The van der Waals surface area contributed by atoms with Crippen molar-refractivity contribution in [3.05, 3.63) is 35.7 Å². The number of nitrogens with zero attached hydrogens (tertiary/aromatic N) is 3. The number of nitrogen functional groups attached to an aromatic ring is 1. The third-order valence-electron chi connectivity index (χ3n) is 2.36. The van der Waals surface area contributed by atoms with E-state index in [1.54, 1.807) is 0 Å². The summed E-state index contributed by atoms with van der Waals surface area (Å²) in [5.41, 5.74) is 7.11. The van der Waals surface area contributed by atoms with Gasteiger partial charge in [-0.2, -0.15) is 4.37 Å². The minimum Gasteiger partial charge on any atom is -0.384 e. The lowest BCUT2D eigenvalue weighted by molar-refractivity contribution is 1.11. The lowest BCUT2D eigenvalue weighted by Crippen LogP contribution is -2.18. The molecule has 5 nitrogen and oxygen atoms in total. The van der Waals surface area contributed by atoms with Gasteiger partial charge in [-0.05, 0) is 19.1 Å². The van der Waals surface area contributed by atoms with E-state index in [2.05, 4.69) is 9.36 Å². The van der Waals surface area contributed by atoms with Crippen LogP contribution < -0.4 is 10.6 Å². The van der Waals surface area contributed by atoms with Crippen LogP contribution in [-0.4, -0.2) is 22.2 Å². The summed E-state index contributed by atoms with van der Waals surface area (Å²) in [6.07, 6.45) is 0. The van der Waals surface area contributed by atoms with Crippen LogP contribution in [0.15, 0.2) is 24.3 Å². The minimum absolute atomic E-state index is 0.0497. The Morgan fingerprint density at radius 1 is 1.41 bits per heavy atom. The molecule has 1 aromatic heterocycles. The molecule has 0 aliphatic carbocycles. The van der Waals surface area contributed by atoms with E-state index in [0.29, 0.717) is 5.56 Å². The first-order valence-corrected chi connectivity index (χ1v) is 5.84. The predicted molar refractivity (Wildman–Crippen MR) is 70.2 cm³/mol. The molecule has 0 aliphatic heterocycles. The van der Waals surface area contributed by atoms with Gasteiger partial charge in [0, 0.05) is 24.1 Å². The van der Waals surface area contributed by atoms with Gasteiger partial charge >= 0.3 is 0 Å². The van der Waals surface area contributed by atoms with Crippen LogP contribution in [0.1, 0.15) is 11.4 Å². The Labute approximate surface area is 104 Å². The monoisotopic (exact) mass is 247 g/mol. The summed E-state index contributed by atoms with van der Waals surface area (Å²) in [5.74, 6) is 0.797. The lowest BCUT2D eigenvalue weighted by Gasteiger charge is -2.18. The lowest BCUT2D eigenvalue weighted by atomic mass is 10.1. The van der Waals surface area contributed by atoms with Crippen LogP contribution in [-0.2, 0) is 0 Å². The van der Waals surface area contributed by atoms with E-state index in [9.17, 15) is 0 Å². The van der Waals surface area contributed by atoms with E-state index in [-0.39, 0.29) is 5.84 Å². The molecule has 0 unspecified atom stereocenters. The largest absolute Gasteiger partial charge is 0.384 e. The van der Waals surface area contributed by atoms with Gasteiger partial charge in [0.05, 0.1) is 5.69 Å². The number of amidine groups is 1. The summed E-state index contributed by atoms with van der Waals surface area (Å²) < 4.78 is 4.14. The van der Waals surface area contributed by atoms with Gasteiger partial charge in [-0.25, -0.2) is 4.98 Å². The fraction of sp³-hybridized carbons (Fsp3) is 0.182. The first kappa shape index (κ1) is 11.5. The average molecular weight is 247 g/mol. The fourth-order valence-electron chi connectivity index (χ4n) is 1.52. The Hall–Kier alpha value is -1.95. The predicted octanol–water partition coefficient (Wildman–Crippen LogP) is 1.90. The van der Waals surface area contributed by atoms with Crippen LogP contribution in [0.2, 0.25) is 0 Å². The van der Waals surface area contributed by atoms with E-state index >= 15 is 0 Å². The van der Waals surface area contributed by atoms with Crippen molar-refractivity contribution < 1.29 is 0 Å². The first-order valence-electron chi connectivity index (χ1n) is 5.07. The number of para-hydroxylation sites is 1. The number of hydrogen-bond acceptors (Lipinski definition) is 5. The Balaban J connectivity index is 2.43. The summed E-state index contributed by atoms with van der Waals surface area (Å²) >= 11 is 1.33. The molecule has 1 heterocycles. The van der Waals surface area contributed by atoms with Gasteiger partial charge in [0.25, 0.3) is 0 Å². The number of anilines is 2. The topological polar surface area (TPSA) is 78.9 Å². The second-order valence-corrected chi connectivity index (χ2v) is 4.34. The summed E-state index contributed by atoms with van der Waals surface area (Å²) in [7, 11) is 1.89. The van der Waals surface area contributed by atoms with E-state index in [1.165, 1.54) is 11.5 Å². The van der Waals surface area contributed by atoms with Crippen molar-refractivity contribution in [2.24, 2.45) is 5.73 Å². The van der Waals surface area contributed by atoms with Crippen molar-refractivity contribution >= 4 is 28.2 Å². The molecular weight excluding hydrogens is 234 g/mol. The smallest absolute Gasteiger partial charge is 0.209 e. The molecule has 88 valence electrons. The maximum absolute atomic E-state index is 7.56. The normalized spacial score (nSPS) is 10.2. The zero-order valence-electron chi connectivity index (χ0n) is 9.64. The Kier molecular flexibility index (Phi) is 3.06. The highest BCUT2D eigenvalue weighted by Gasteiger charge is 2.13. The van der Waals surface area contributed by atoms with Gasteiger partial charge in [0.1, 0.15) is 11.7 Å². The van der Waals surface area contributed by atoms with E-state index in [4.69, 9.17) is 11.1 Å². The highest BCUT2D eigenvalue weighted by molar-refractivity contribution is 7.09. The molecule has 0 saturated carbocycles. The van der Waals surface area contributed by atoms with Crippen molar-refractivity contribution in [1.29, 1.82) is 5.41 Å². The quantitative estimate of drug-likeness (QED) is 0.641. The third kappa shape index (κ3) is 2.26. The van der Waals surface area contributed by atoms with Crippen molar-refractivity contribution in [1.82, 2.24) is 9.36 Å². The Morgan fingerprint density at radius 3 is 2.71 bits per heavy atom. The molecule has 0 radical (unpaired) electrons. The molecule has 0 saturated heterocycles. The average Bonchev–Trinajstić information content (AvgIpc) is 2.75. The molecule has 0 spiro atoms. The maximum Gasteiger partial charge on any atom is 0.209 e. The SMILES string of the molecule is Cc1nsc(N(C)c2ccccc2C(=N)N)n1. The van der Waals surface area contributed by atoms with Crippen molar-refractivity contribution in [3.63, 3.8) is 0 Å². The molecule has 1 aromatic carbocycles. The number of nitrogens with one attached hydrogen (secondary N) is 1. The highest BCUT2D eigenvalue weighted by atomic mass is 32.1. The second-order valence-electron chi connectivity index (χ2n) is 3.61. The standard InChI is InChI=1S/C11H13N5S/c1-7-14-11(17-15-7)16(2)9-6-4-3-5-8(9)10(12)13/h3-6H,1-2H3,(H3,12,13).